The van der Waals surface area contributed by atoms with Gasteiger partial charge in [0.1, 0.15) is 11.8 Å². The molecule has 1 unspecified atom stereocenters. The first-order chi connectivity index (χ1) is 13.9. The van der Waals surface area contributed by atoms with Crippen LogP contribution in [0.1, 0.15) is 41.5 Å². The van der Waals surface area contributed by atoms with E-state index in [1.54, 1.807) is 7.11 Å². The Morgan fingerprint density at radius 3 is 2.79 bits per heavy atom. The number of nitrogens with zero attached hydrogens (tertiary/aromatic N) is 1. The summed E-state index contributed by atoms with van der Waals surface area (Å²) in [7, 11) is 1.63. The highest BCUT2D eigenvalue weighted by atomic mass is 79.9. The zero-order valence-electron chi connectivity index (χ0n) is 16.6. The molecule has 2 aromatic rings. The van der Waals surface area contributed by atoms with Crippen molar-refractivity contribution >= 4 is 45.7 Å². The smallest absolute Gasteiger partial charge is 0.320 e. The Morgan fingerprint density at radius 1 is 1.31 bits per heavy atom. The Morgan fingerprint density at radius 2 is 2.07 bits per heavy atom. The summed E-state index contributed by atoms with van der Waals surface area (Å²) in [6, 6.07) is 9.43. The second kappa shape index (κ2) is 9.79. The van der Waals surface area contributed by atoms with Crippen molar-refractivity contribution in [2.45, 2.75) is 38.8 Å². The summed E-state index contributed by atoms with van der Waals surface area (Å²) in [5.74, 6) is -0.0477. The van der Waals surface area contributed by atoms with Crippen molar-refractivity contribution in [3.05, 3.63) is 62.1 Å². The average molecular weight is 479 g/mol. The lowest BCUT2D eigenvalue weighted by molar-refractivity contribution is -0.144. The third-order valence-electron chi connectivity index (χ3n) is 5.42. The van der Waals surface area contributed by atoms with E-state index in [-0.39, 0.29) is 0 Å². The van der Waals surface area contributed by atoms with Crippen LogP contribution < -0.4 is 4.74 Å². The number of ether oxygens (including phenoxy) is 1. The number of hydrogen-bond donors (Lipinski definition) is 1. The number of halogens is 2. The van der Waals surface area contributed by atoms with Crippen LogP contribution in [0.3, 0.4) is 0 Å². The predicted octanol–water partition coefficient (Wildman–Crippen LogP) is 6.03. The first-order valence-corrected chi connectivity index (χ1v) is 10.8. The second-order valence-electron chi connectivity index (χ2n) is 7.29. The minimum Gasteiger partial charge on any atom is -0.496 e. The molecule has 0 radical (unpaired) electrons. The Labute approximate surface area is 185 Å². The fourth-order valence-corrected chi connectivity index (χ4v) is 4.35. The van der Waals surface area contributed by atoms with E-state index in [2.05, 4.69) is 28.9 Å². The number of carbonyl (C=O) groups is 1. The quantitative estimate of drug-likeness (QED) is 0.515. The van der Waals surface area contributed by atoms with Crippen LogP contribution in [0.5, 0.6) is 5.75 Å². The van der Waals surface area contributed by atoms with Gasteiger partial charge in [0, 0.05) is 21.6 Å². The molecule has 0 saturated carbocycles. The fraction of sp³-hybridized carbons (Fsp3) is 0.348. The van der Waals surface area contributed by atoms with Gasteiger partial charge in [-0.1, -0.05) is 58.2 Å². The van der Waals surface area contributed by atoms with Gasteiger partial charge in [-0.05, 0) is 61.2 Å². The molecule has 0 amide bonds. The number of carboxylic acid groups (broad SMARTS) is 1. The van der Waals surface area contributed by atoms with E-state index in [1.807, 2.05) is 41.3 Å². The van der Waals surface area contributed by atoms with Gasteiger partial charge in [-0.2, -0.15) is 0 Å². The highest BCUT2D eigenvalue weighted by molar-refractivity contribution is 9.10. The summed E-state index contributed by atoms with van der Waals surface area (Å²) in [6.07, 6.45) is 6.64. The minimum absolute atomic E-state index is 0.452. The molecule has 3 rings (SSSR count). The molecule has 0 bridgehead atoms. The predicted molar refractivity (Wildman–Crippen MR) is 121 cm³/mol. The van der Waals surface area contributed by atoms with Crippen LogP contribution in [-0.4, -0.2) is 35.7 Å². The Kier molecular flexibility index (Phi) is 7.38. The lowest BCUT2D eigenvalue weighted by atomic mass is 10.0. The summed E-state index contributed by atoms with van der Waals surface area (Å²) in [5.41, 5.74) is 4.03. The van der Waals surface area contributed by atoms with Crippen molar-refractivity contribution in [1.82, 2.24) is 4.90 Å². The number of carboxylic acids is 1. The molecule has 1 N–H and O–H groups in total. The Hall–Kier alpha value is -1.82. The SMILES string of the molecule is COc1cc(C=Cc2cccc(Br)c2C)c(Cl)cc1CN1CCCCC1C(=O)O. The normalized spacial score (nSPS) is 17.6. The maximum atomic E-state index is 11.6. The van der Waals surface area contributed by atoms with Crippen molar-refractivity contribution in [1.29, 1.82) is 0 Å². The van der Waals surface area contributed by atoms with Gasteiger partial charge in [0.25, 0.3) is 0 Å². The van der Waals surface area contributed by atoms with Gasteiger partial charge in [0.15, 0.2) is 0 Å². The topological polar surface area (TPSA) is 49.8 Å². The van der Waals surface area contributed by atoms with Crippen molar-refractivity contribution in [3.8, 4) is 5.75 Å². The number of likely N-dealkylation sites (tertiary alicyclic amines) is 1. The lowest BCUT2D eigenvalue weighted by Crippen LogP contribution is -2.44. The van der Waals surface area contributed by atoms with Gasteiger partial charge in [0.05, 0.1) is 7.11 Å². The zero-order valence-corrected chi connectivity index (χ0v) is 19.0. The Balaban J connectivity index is 1.86. The van der Waals surface area contributed by atoms with E-state index in [9.17, 15) is 9.90 Å². The molecule has 0 spiro atoms. The molecule has 1 aliphatic rings. The van der Waals surface area contributed by atoms with Gasteiger partial charge in [-0.3, -0.25) is 9.69 Å². The Bertz CT molecular complexity index is 929. The van der Waals surface area contributed by atoms with Crippen LogP contribution in [0.2, 0.25) is 5.02 Å². The van der Waals surface area contributed by atoms with E-state index in [0.717, 1.165) is 51.9 Å². The summed E-state index contributed by atoms with van der Waals surface area (Å²) in [5, 5.41) is 10.1. The van der Waals surface area contributed by atoms with E-state index < -0.39 is 12.0 Å². The van der Waals surface area contributed by atoms with Crippen molar-refractivity contribution in [2.24, 2.45) is 0 Å². The van der Waals surface area contributed by atoms with E-state index in [1.165, 1.54) is 0 Å². The van der Waals surface area contributed by atoms with E-state index >= 15 is 0 Å². The van der Waals surface area contributed by atoms with Crippen LogP contribution in [0.4, 0.5) is 0 Å². The second-order valence-corrected chi connectivity index (χ2v) is 8.55. The monoisotopic (exact) mass is 477 g/mol. The third kappa shape index (κ3) is 5.21. The van der Waals surface area contributed by atoms with Gasteiger partial charge in [-0.25, -0.2) is 0 Å². The van der Waals surface area contributed by atoms with E-state index in [4.69, 9.17) is 16.3 Å². The number of hydrogen-bond acceptors (Lipinski definition) is 3. The third-order valence-corrected chi connectivity index (χ3v) is 6.61. The molecule has 154 valence electrons. The molecular formula is C23H25BrClNO3. The zero-order chi connectivity index (χ0) is 21.0. The van der Waals surface area contributed by atoms with Crippen molar-refractivity contribution in [2.75, 3.05) is 13.7 Å². The standard InChI is InChI=1S/C23H25BrClNO3/c1-15-16(6-5-7-19(15)24)9-10-17-13-22(29-2)18(12-20(17)25)14-26-11-4-3-8-21(26)23(27)28/h5-7,9-10,12-13,21H,3-4,8,11,14H2,1-2H3,(H,27,28). The summed E-state index contributed by atoms with van der Waals surface area (Å²) in [6.45, 7) is 3.34. The number of methoxy groups -OCH3 is 1. The van der Waals surface area contributed by atoms with Crippen LogP contribution in [-0.2, 0) is 11.3 Å². The molecule has 1 saturated heterocycles. The molecule has 29 heavy (non-hydrogen) atoms. The maximum absolute atomic E-state index is 11.6. The summed E-state index contributed by atoms with van der Waals surface area (Å²) >= 11 is 10.1. The molecule has 4 nitrogen and oxygen atoms in total. The summed E-state index contributed by atoms with van der Waals surface area (Å²) < 4.78 is 6.66. The number of rotatable bonds is 6. The number of benzene rings is 2. The highest BCUT2D eigenvalue weighted by Gasteiger charge is 2.29. The molecule has 2 aromatic carbocycles. The molecule has 1 heterocycles. The largest absolute Gasteiger partial charge is 0.496 e. The lowest BCUT2D eigenvalue weighted by Gasteiger charge is -2.33. The van der Waals surface area contributed by atoms with E-state index in [0.29, 0.717) is 18.0 Å². The highest BCUT2D eigenvalue weighted by Crippen LogP contribution is 2.31. The minimum atomic E-state index is -0.765. The number of piperidine rings is 1. The molecule has 1 fully saturated rings. The molecular weight excluding hydrogens is 454 g/mol. The summed E-state index contributed by atoms with van der Waals surface area (Å²) in [4.78, 5) is 13.6. The molecule has 1 atom stereocenters. The maximum Gasteiger partial charge on any atom is 0.320 e. The first-order valence-electron chi connectivity index (χ1n) is 9.67. The molecule has 6 heteroatoms. The fourth-order valence-electron chi connectivity index (χ4n) is 3.71. The first kappa shape index (κ1) is 21.9. The molecule has 0 aromatic heterocycles. The van der Waals surface area contributed by atoms with Gasteiger partial charge in [0.2, 0.25) is 0 Å². The van der Waals surface area contributed by atoms with Crippen LogP contribution in [0, 0.1) is 6.92 Å². The number of aliphatic carboxylic acids is 1. The van der Waals surface area contributed by atoms with Gasteiger partial charge in [-0.15, -0.1) is 0 Å². The van der Waals surface area contributed by atoms with Gasteiger partial charge >= 0.3 is 5.97 Å². The van der Waals surface area contributed by atoms with Crippen molar-refractivity contribution < 1.29 is 14.6 Å². The van der Waals surface area contributed by atoms with Crippen LogP contribution in [0.15, 0.2) is 34.8 Å². The molecule has 1 aliphatic heterocycles. The van der Waals surface area contributed by atoms with Crippen LogP contribution in [0.25, 0.3) is 12.2 Å². The molecule has 0 aliphatic carbocycles. The van der Waals surface area contributed by atoms with Crippen molar-refractivity contribution in [3.63, 3.8) is 0 Å². The average Bonchev–Trinajstić information content (AvgIpc) is 2.70. The van der Waals surface area contributed by atoms with Crippen LogP contribution >= 0.6 is 27.5 Å². The van der Waals surface area contributed by atoms with Gasteiger partial charge < -0.3 is 9.84 Å².